The average Bonchev–Trinajstić information content (AvgIpc) is 3.10. The molecule has 86 valence electrons. The van der Waals surface area contributed by atoms with Gasteiger partial charge in [0.2, 0.25) is 5.75 Å². The van der Waals surface area contributed by atoms with Gasteiger partial charge in [-0.2, -0.15) is 0 Å². The van der Waals surface area contributed by atoms with Crippen LogP contribution in [0.1, 0.15) is 35.1 Å². The molecule has 1 heterocycles. The third-order valence-corrected chi connectivity index (χ3v) is 2.44. The lowest BCUT2D eigenvalue weighted by Gasteiger charge is -2.06. The second-order valence-corrected chi connectivity index (χ2v) is 3.60. The van der Waals surface area contributed by atoms with E-state index >= 15 is 0 Å². The summed E-state index contributed by atoms with van der Waals surface area (Å²) in [5, 5.41) is 0. The Morgan fingerprint density at radius 1 is 1.44 bits per heavy atom. The van der Waals surface area contributed by atoms with Crippen molar-refractivity contribution in [3.8, 4) is 5.75 Å². The van der Waals surface area contributed by atoms with Crippen LogP contribution < -0.4 is 10.3 Å². The Morgan fingerprint density at radius 2 is 2.12 bits per heavy atom. The maximum Gasteiger partial charge on any atom is 0.360 e. The molecule has 1 aliphatic carbocycles. The topological polar surface area (TPSA) is 81.3 Å². The predicted octanol–water partition coefficient (Wildman–Crippen LogP) is 0.443. The summed E-state index contributed by atoms with van der Waals surface area (Å²) in [7, 11) is 2.55. The van der Waals surface area contributed by atoms with E-state index in [9.17, 15) is 9.59 Å². The smallest absolute Gasteiger partial charge is 0.360 e. The van der Waals surface area contributed by atoms with E-state index in [0.717, 1.165) is 12.8 Å². The van der Waals surface area contributed by atoms with E-state index in [2.05, 4.69) is 14.7 Å². The lowest BCUT2D eigenvalue weighted by molar-refractivity contribution is 0.0589. The SMILES string of the molecule is COC(=O)c1nc(C2CC2)[nH]c(=O)c1OC. The Labute approximate surface area is 91.6 Å². The Balaban J connectivity index is 2.53. The number of esters is 1. The summed E-state index contributed by atoms with van der Waals surface area (Å²) in [5.74, 6) is 0.0225. The second-order valence-electron chi connectivity index (χ2n) is 3.60. The molecule has 2 rings (SSSR count). The van der Waals surface area contributed by atoms with Crippen molar-refractivity contribution < 1.29 is 14.3 Å². The molecule has 1 aliphatic rings. The lowest BCUT2D eigenvalue weighted by Crippen LogP contribution is -2.20. The molecule has 0 atom stereocenters. The van der Waals surface area contributed by atoms with E-state index in [1.165, 1.54) is 14.2 Å². The molecule has 16 heavy (non-hydrogen) atoms. The molecule has 0 radical (unpaired) electrons. The van der Waals surface area contributed by atoms with Crippen molar-refractivity contribution in [3.63, 3.8) is 0 Å². The summed E-state index contributed by atoms with van der Waals surface area (Å²) in [5.41, 5.74) is -0.504. The first-order valence-corrected chi connectivity index (χ1v) is 4.94. The molecule has 6 heteroatoms. The van der Waals surface area contributed by atoms with Gasteiger partial charge in [0, 0.05) is 5.92 Å². The first-order valence-electron chi connectivity index (χ1n) is 4.94. The number of H-pyrrole nitrogens is 1. The molecular weight excluding hydrogens is 212 g/mol. The highest BCUT2D eigenvalue weighted by atomic mass is 16.5. The highest BCUT2D eigenvalue weighted by Gasteiger charge is 2.29. The number of carbonyl (C=O) groups is 1. The molecule has 0 saturated heterocycles. The van der Waals surface area contributed by atoms with Crippen LogP contribution in [-0.2, 0) is 4.74 Å². The fourth-order valence-electron chi connectivity index (χ4n) is 1.45. The van der Waals surface area contributed by atoms with Crippen molar-refractivity contribution in [2.45, 2.75) is 18.8 Å². The highest BCUT2D eigenvalue weighted by molar-refractivity contribution is 5.90. The monoisotopic (exact) mass is 224 g/mol. The van der Waals surface area contributed by atoms with Crippen LogP contribution in [0.15, 0.2) is 4.79 Å². The lowest BCUT2D eigenvalue weighted by atomic mass is 10.3. The van der Waals surface area contributed by atoms with Crippen molar-refractivity contribution in [1.82, 2.24) is 9.97 Å². The number of aromatic nitrogens is 2. The minimum Gasteiger partial charge on any atom is -0.489 e. The van der Waals surface area contributed by atoms with Crippen molar-refractivity contribution in [1.29, 1.82) is 0 Å². The minimum absolute atomic E-state index is 0.0596. The molecule has 0 amide bonds. The summed E-state index contributed by atoms with van der Waals surface area (Å²) in [4.78, 5) is 29.7. The third kappa shape index (κ3) is 1.78. The van der Waals surface area contributed by atoms with Crippen LogP contribution in [0, 0.1) is 0 Å². The molecular formula is C10H12N2O4. The van der Waals surface area contributed by atoms with Gasteiger partial charge in [0.15, 0.2) is 5.69 Å². The minimum atomic E-state index is -0.662. The maximum absolute atomic E-state index is 11.6. The molecule has 0 spiro atoms. The van der Waals surface area contributed by atoms with Crippen LogP contribution in [0.4, 0.5) is 0 Å². The van der Waals surface area contributed by atoms with Crippen molar-refractivity contribution in [2.75, 3.05) is 14.2 Å². The van der Waals surface area contributed by atoms with E-state index < -0.39 is 11.5 Å². The number of ether oxygens (including phenoxy) is 2. The zero-order valence-electron chi connectivity index (χ0n) is 9.07. The van der Waals surface area contributed by atoms with E-state index in [1.54, 1.807) is 0 Å². The number of methoxy groups -OCH3 is 2. The summed E-state index contributed by atoms with van der Waals surface area (Å²) in [6, 6.07) is 0. The number of nitrogens with one attached hydrogen (secondary N) is 1. The number of aromatic amines is 1. The van der Waals surface area contributed by atoms with Crippen molar-refractivity contribution in [3.05, 3.63) is 21.9 Å². The Bertz CT molecular complexity index is 476. The highest BCUT2D eigenvalue weighted by Crippen LogP contribution is 2.37. The fourth-order valence-corrected chi connectivity index (χ4v) is 1.45. The fraction of sp³-hybridized carbons (Fsp3) is 0.500. The van der Waals surface area contributed by atoms with Crippen molar-refractivity contribution >= 4 is 5.97 Å². The van der Waals surface area contributed by atoms with Gasteiger partial charge < -0.3 is 14.5 Å². The van der Waals surface area contributed by atoms with Crippen LogP contribution >= 0.6 is 0 Å². The molecule has 0 aliphatic heterocycles. The van der Waals surface area contributed by atoms with Gasteiger partial charge in [-0.3, -0.25) is 4.79 Å². The molecule has 1 N–H and O–H groups in total. The van der Waals surface area contributed by atoms with Gasteiger partial charge in [-0.25, -0.2) is 9.78 Å². The first-order chi connectivity index (χ1) is 7.67. The van der Waals surface area contributed by atoms with E-state index in [4.69, 9.17) is 4.74 Å². The van der Waals surface area contributed by atoms with Crippen LogP contribution in [-0.4, -0.2) is 30.2 Å². The van der Waals surface area contributed by atoms with Crippen molar-refractivity contribution in [2.24, 2.45) is 0 Å². The molecule has 1 aromatic heterocycles. The summed E-state index contributed by atoms with van der Waals surface area (Å²) in [6.07, 6.45) is 1.96. The number of carbonyl (C=O) groups excluding carboxylic acids is 1. The van der Waals surface area contributed by atoms with Gasteiger partial charge in [-0.05, 0) is 12.8 Å². The predicted molar refractivity (Wildman–Crippen MR) is 54.7 cm³/mol. The first kappa shape index (κ1) is 10.7. The molecule has 0 aromatic carbocycles. The van der Waals surface area contributed by atoms with Crippen LogP contribution in [0.3, 0.4) is 0 Å². The van der Waals surface area contributed by atoms with Gasteiger partial charge in [0.05, 0.1) is 14.2 Å². The molecule has 0 bridgehead atoms. The van der Waals surface area contributed by atoms with Gasteiger partial charge in [-0.15, -0.1) is 0 Å². The number of rotatable bonds is 3. The molecule has 1 saturated carbocycles. The summed E-state index contributed by atoms with van der Waals surface area (Å²) >= 11 is 0. The molecule has 1 aromatic rings. The second kappa shape index (κ2) is 3.96. The quantitative estimate of drug-likeness (QED) is 0.753. The normalized spacial score (nSPS) is 14.6. The van der Waals surface area contributed by atoms with Gasteiger partial charge in [0.1, 0.15) is 5.82 Å². The Kier molecular flexibility index (Phi) is 2.64. The van der Waals surface area contributed by atoms with Crippen LogP contribution in [0.2, 0.25) is 0 Å². The standard InChI is InChI=1S/C10H12N2O4/c1-15-7-6(10(14)16-2)11-8(5-3-4-5)12-9(7)13/h5H,3-4H2,1-2H3,(H,11,12,13). The largest absolute Gasteiger partial charge is 0.489 e. The van der Waals surface area contributed by atoms with Crippen LogP contribution in [0.25, 0.3) is 0 Å². The van der Waals surface area contributed by atoms with E-state index in [0.29, 0.717) is 5.82 Å². The zero-order chi connectivity index (χ0) is 11.7. The Morgan fingerprint density at radius 3 is 2.62 bits per heavy atom. The number of hydrogen-bond acceptors (Lipinski definition) is 5. The number of nitrogens with zero attached hydrogens (tertiary/aromatic N) is 1. The molecule has 6 nitrogen and oxygen atoms in total. The maximum atomic E-state index is 11.6. The molecule has 0 unspecified atom stereocenters. The Hall–Kier alpha value is -1.85. The van der Waals surface area contributed by atoms with Gasteiger partial charge >= 0.3 is 5.97 Å². The van der Waals surface area contributed by atoms with Crippen LogP contribution in [0.5, 0.6) is 5.75 Å². The molecule has 1 fully saturated rings. The van der Waals surface area contributed by atoms with Gasteiger partial charge in [-0.1, -0.05) is 0 Å². The zero-order valence-corrected chi connectivity index (χ0v) is 9.07. The number of hydrogen-bond donors (Lipinski definition) is 1. The van der Waals surface area contributed by atoms with E-state index in [-0.39, 0.29) is 17.4 Å². The average molecular weight is 224 g/mol. The van der Waals surface area contributed by atoms with E-state index in [1.807, 2.05) is 0 Å². The summed E-state index contributed by atoms with van der Waals surface area (Å²) in [6.45, 7) is 0. The summed E-state index contributed by atoms with van der Waals surface area (Å²) < 4.78 is 9.40. The third-order valence-electron chi connectivity index (χ3n) is 2.44. The van der Waals surface area contributed by atoms with Gasteiger partial charge in [0.25, 0.3) is 5.56 Å².